The third-order valence-corrected chi connectivity index (χ3v) is 4.48. The fourth-order valence-corrected chi connectivity index (χ4v) is 3.15. The third kappa shape index (κ3) is 6.35. The Labute approximate surface area is 139 Å². The lowest BCUT2D eigenvalue weighted by Crippen LogP contribution is -2.40. The lowest BCUT2D eigenvalue weighted by Gasteiger charge is -2.20. The van der Waals surface area contributed by atoms with Gasteiger partial charge in [-0.3, -0.25) is 19.7 Å². The number of amides is 3. The molecule has 1 aromatic heterocycles. The molecule has 1 saturated carbocycles. The maximum atomic E-state index is 11.8. The van der Waals surface area contributed by atoms with E-state index in [-0.39, 0.29) is 12.5 Å². The standard InChI is InChI=1S/C15H22N4O3S/c20-12(10-11-4-2-1-3-5-11)16-6-7-17-13(21)14(22)19-15-18-8-9-23-15/h8-9,11H,1-7,10H2,(H,16,20)(H,17,21)(H,18,19,22). The first kappa shape index (κ1) is 17.4. The molecule has 0 unspecified atom stereocenters. The molecule has 8 heteroatoms. The van der Waals surface area contributed by atoms with E-state index in [1.165, 1.54) is 30.6 Å². The van der Waals surface area contributed by atoms with Gasteiger partial charge in [-0.2, -0.15) is 0 Å². The van der Waals surface area contributed by atoms with Gasteiger partial charge in [0, 0.05) is 31.1 Å². The predicted octanol–water partition coefficient (Wildman–Crippen LogP) is 1.28. The number of nitrogens with zero attached hydrogens (tertiary/aromatic N) is 1. The van der Waals surface area contributed by atoms with Gasteiger partial charge in [0.25, 0.3) is 0 Å². The molecule has 0 spiro atoms. The smallest absolute Gasteiger partial charge is 0.315 e. The van der Waals surface area contributed by atoms with Crippen LogP contribution in [0.15, 0.2) is 11.6 Å². The molecule has 126 valence electrons. The zero-order valence-electron chi connectivity index (χ0n) is 13.0. The monoisotopic (exact) mass is 338 g/mol. The summed E-state index contributed by atoms with van der Waals surface area (Å²) in [6.45, 7) is 0.544. The first-order chi connectivity index (χ1) is 11.1. The number of carbonyl (C=O) groups is 3. The molecule has 1 aromatic rings. The number of hydrogen-bond donors (Lipinski definition) is 3. The Hall–Kier alpha value is -1.96. The molecule has 0 radical (unpaired) electrons. The molecule has 1 heterocycles. The van der Waals surface area contributed by atoms with Crippen LogP contribution in [0.4, 0.5) is 5.13 Å². The summed E-state index contributed by atoms with van der Waals surface area (Å²) in [4.78, 5) is 38.8. The average Bonchev–Trinajstić information content (AvgIpc) is 3.05. The fourth-order valence-electron chi connectivity index (χ4n) is 2.62. The molecule has 23 heavy (non-hydrogen) atoms. The third-order valence-electron chi connectivity index (χ3n) is 3.79. The lowest BCUT2D eigenvalue weighted by atomic mass is 9.87. The Bertz CT molecular complexity index is 527. The molecule has 1 aliphatic rings. The van der Waals surface area contributed by atoms with Gasteiger partial charge in [0.2, 0.25) is 5.91 Å². The van der Waals surface area contributed by atoms with Gasteiger partial charge in [0.15, 0.2) is 5.13 Å². The molecule has 0 aromatic carbocycles. The molecule has 2 rings (SSSR count). The second kappa shape index (κ2) is 9.24. The van der Waals surface area contributed by atoms with Crippen LogP contribution in [-0.4, -0.2) is 35.8 Å². The molecule has 1 aliphatic carbocycles. The van der Waals surface area contributed by atoms with Crippen LogP contribution in [0.1, 0.15) is 38.5 Å². The number of aromatic nitrogens is 1. The Morgan fingerprint density at radius 1 is 1.09 bits per heavy atom. The summed E-state index contributed by atoms with van der Waals surface area (Å²) in [6, 6.07) is 0. The largest absolute Gasteiger partial charge is 0.354 e. The second-order valence-corrected chi connectivity index (χ2v) is 6.50. The van der Waals surface area contributed by atoms with E-state index in [2.05, 4.69) is 20.9 Å². The van der Waals surface area contributed by atoms with E-state index in [1.807, 2.05) is 0 Å². The first-order valence-electron chi connectivity index (χ1n) is 7.90. The molecule has 3 N–H and O–H groups in total. The highest BCUT2D eigenvalue weighted by atomic mass is 32.1. The van der Waals surface area contributed by atoms with Crippen molar-refractivity contribution in [2.75, 3.05) is 18.4 Å². The average molecular weight is 338 g/mol. The van der Waals surface area contributed by atoms with Crippen LogP contribution >= 0.6 is 11.3 Å². The summed E-state index contributed by atoms with van der Waals surface area (Å²) >= 11 is 1.24. The minimum absolute atomic E-state index is 0.0124. The van der Waals surface area contributed by atoms with Gasteiger partial charge in [-0.1, -0.05) is 19.3 Å². The Morgan fingerprint density at radius 3 is 2.52 bits per heavy atom. The van der Waals surface area contributed by atoms with Gasteiger partial charge >= 0.3 is 11.8 Å². The highest BCUT2D eigenvalue weighted by Crippen LogP contribution is 2.25. The molecule has 3 amide bonds. The van der Waals surface area contributed by atoms with Gasteiger partial charge in [0.05, 0.1) is 0 Å². The maximum Gasteiger partial charge on any atom is 0.315 e. The number of thiazole rings is 1. The number of nitrogens with one attached hydrogen (secondary N) is 3. The lowest BCUT2D eigenvalue weighted by molar-refractivity contribution is -0.136. The number of anilines is 1. The molecule has 0 bridgehead atoms. The molecule has 0 saturated heterocycles. The Kier molecular flexibility index (Phi) is 6.99. The maximum absolute atomic E-state index is 11.8. The van der Waals surface area contributed by atoms with Crippen LogP contribution in [0.25, 0.3) is 0 Å². The van der Waals surface area contributed by atoms with Crippen LogP contribution in [0, 0.1) is 5.92 Å². The van der Waals surface area contributed by atoms with E-state index >= 15 is 0 Å². The summed E-state index contributed by atoms with van der Waals surface area (Å²) in [5.41, 5.74) is 0. The summed E-state index contributed by atoms with van der Waals surface area (Å²) in [5, 5.41) is 9.72. The van der Waals surface area contributed by atoms with Crippen molar-refractivity contribution in [3.63, 3.8) is 0 Å². The fraction of sp³-hybridized carbons (Fsp3) is 0.600. The second-order valence-electron chi connectivity index (χ2n) is 5.61. The van der Waals surface area contributed by atoms with E-state index < -0.39 is 11.8 Å². The Balaban J connectivity index is 1.56. The summed E-state index contributed by atoms with van der Waals surface area (Å²) < 4.78 is 0. The van der Waals surface area contributed by atoms with Crippen molar-refractivity contribution in [1.29, 1.82) is 0 Å². The SMILES string of the molecule is O=C(CC1CCCCC1)NCCNC(=O)C(=O)Nc1nccs1. The van der Waals surface area contributed by atoms with Crippen LogP contribution in [0.5, 0.6) is 0 Å². The van der Waals surface area contributed by atoms with E-state index in [4.69, 9.17) is 0 Å². The molecule has 0 aliphatic heterocycles. The zero-order valence-corrected chi connectivity index (χ0v) is 13.8. The zero-order chi connectivity index (χ0) is 16.5. The van der Waals surface area contributed by atoms with E-state index in [0.717, 1.165) is 12.8 Å². The van der Waals surface area contributed by atoms with Crippen LogP contribution in [0.3, 0.4) is 0 Å². The van der Waals surface area contributed by atoms with Crippen molar-refractivity contribution in [3.05, 3.63) is 11.6 Å². The van der Waals surface area contributed by atoms with Crippen LogP contribution in [0.2, 0.25) is 0 Å². The van der Waals surface area contributed by atoms with Gasteiger partial charge < -0.3 is 10.6 Å². The summed E-state index contributed by atoms with van der Waals surface area (Å²) in [7, 11) is 0. The minimum atomic E-state index is -0.756. The highest BCUT2D eigenvalue weighted by Gasteiger charge is 2.17. The molecule has 7 nitrogen and oxygen atoms in total. The van der Waals surface area contributed by atoms with Crippen molar-refractivity contribution in [2.45, 2.75) is 38.5 Å². The van der Waals surface area contributed by atoms with Gasteiger partial charge in [0.1, 0.15) is 0 Å². The van der Waals surface area contributed by atoms with Crippen molar-refractivity contribution >= 4 is 34.2 Å². The van der Waals surface area contributed by atoms with Crippen LogP contribution < -0.4 is 16.0 Å². The van der Waals surface area contributed by atoms with Crippen molar-refractivity contribution in [1.82, 2.24) is 15.6 Å². The van der Waals surface area contributed by atoms with Crippen molar-refractivity contribution in [2.24, 2.45) is 5.92 Å². The van der Waals surface area contributed by atoms with E-state index in [1.54, 1.807) is 11.6 Å². The van der Waals surface area contributed by atoms with Crippen molar-refractivity contribution < 1.29 is 14.4 Å². The highest BCUT2D eigenvalue weighted by molar-refractivity contribution is 7.13. The van der Waals surface area contributed by atoms with Gasteiger partial charge in [-0.15, -0.1) is 11.3 Å². The summed E-state index contributed by atoms with van der Waals surface area (Å²) in [5.74, 6) is -0.990. The van der Waals surface area contributed by atoms with E-state index in [0.29, 0.717) is 24.0 Å². The Morgan fingerprint density at radius 2 is 1.83 bits per heavy atom. The minimum Gasteiger partial charge on any atom is -0.354 e. The molecule has 0 atom stereocenters. The van der Waals surface area contributed by atoms with Crippen LogP contribution in [-0.2, 0) is 14.4 Å². The van der Waals surface area contributed by atoms with E-state index in [9.17, 15) is 14.4 Å². The molecular weight excluding hydrogens is 316 g/mol. The van der Waals surface area contributed by atoms with Gasteiger partial charge in [-0.05, 0) is 18.8 Å². The number of hydrogen-bond acceptors (Lipinski definition) is 5. The molecule has 1 fully saturated rings. The number of carbonyl (C=O) groups excluding carboxylic acids is 3. The normalized spacial score (nSPS) is 15.0. The topological polar surface area (TPSA) is 100 Å². The van der Waals surface area contributed by atoms with Gasteiger partial charge in [-0.25, -0.2) is 4.98 Å². The number of rotatable bonds is 6. The summed E-state index contributed by atoms with van der Waals surface area (Å²) in [6.07, 6.45) is 8.04. The van der Waals surface area contributed by atoms with Crippen molar-refractivity contribution in [3.8, 4) is 0 Å². The molecular formula is C15H22N4O3S. The first-order valence-corrected chi connectivity index (χ1v) is 8.78. The quantitative estimate of drug-likeness (QED) is 0.537. The predicted molar refractivity (Wildman–Crippen MR) is 88.0 cm³/mol.